The number of anilines is 1. The normalized spacial score (nSPS) is 16.5. The summed E-state index contributed by atoms with van der Waals surface area (Å²) >= 11 is 0. The van der Waals surface area contributed by atoms with E-state index in [4.69, 9.17) is 4.74 Å². The third-order valence-electron chi connectivity index (χ3n) is 3.77. The Bertz CT molecular complexity index is 599. The van der Waals surface area contributed by atoms with Gasteiger partial charge < -0.3 is 14.9 Å². The van der Waals surface area contributed by atoms with E-state index in [-0.39, 0.29) is 5.75 Å². The fraction of sp³-hybridized carbons (Fsp3) is 0.500. The third kappa shape index (κ3) is 3.16. The van der Waals surface area contributed by atoms with Crippen molar-refractivity contribution in [3.8, 4) is 5.75 Å². The van der Waals surface area contributed by atoms with Crippen molar-refractivity contribution in [1.82, 2.24) is 0 Å². The standard InChI is InChI=1S/C16H21NO5/c1-15(2,3)22-14(21)17-10-5-6-12(18)11(9-10)16(13(19)20)7-4-8-16/h5-6,9,18H,4,7-8H2,1-3H3,(H,17,21)(H,19,20). The number of benzene rings is 1. The van der Waals surface area contributed by atoms with E-state index < -0.39 is 23.1 Å². The van der Waals surface area contributed by atoms with E-state index in [1.54, 1.807) is 20.8 Å². The lowest BCUT2D eigenvalue weighted by Crippen LogP contribution is -2.42. The highest BCUT2D eigenvalue weighted by molar-refractivity contribution is 5.87. The fourth-order valence-corrected chi connectivity index (χ4v) is 2.55. The molecule has 3 N–H and O–H groups in total. The predicted octanol–water partition coefficient (Wildman–Crippen LogP) is 3.25. The average molecular weight is 307 g/mol. The van der Waals surface area contributed by atoms with E-state index in [0.717, 1.165) is 6.42 Å². The Morgan fingerprint density at radius 2 is 1.91 bits per heavy atom. The zero-order valence-corrected chi connectivity index (χ0v) is 13.0. The van der Waals surface area contributed by atoms with Crippen LogP contribution in [-0.4, -0.2) is 27.9 Å². The van der Waals surface area contributed by atoms with Gasteiger partial charge in [0.15, 0.2) is 0 Å². The Labute approximate surface area is 129 Å². The van der Waals surface area contributed by atoms with Gasteiger partial charge in [0.2, 0.25) is 0 Å². The van der Waals surface area contributed by atoms with Gasteiger partial charge in [-0.05, 0) is 51.8 Å². The van der Waals surface area contributed by atoms with Crippen LogP contribution in [0.4, 0.5) is 10.5 Å². The molecule has 1 aromatic rings. The summed E-state index contributed by atoms with van der Waals surface area (Å²) in [5, 5.41) is 22.0. The van der Waals surface area contributed by atoms with Crippen LogP contribution in [0.2, 0.25) is 0 Å². The maximum atomic E-state index is 11.8. The molecule has 1 aliphatic carbocycles. The van der Waals surface area contributed by atoms with E-state index in [1.807, 2.05) is 0 Å². The minimum atomic E-state index is -1.06. The van der Waals surface area contributed by atoms with Gasteiger partial charge in [-0.2, -0.15) is 0 Å². The Hall–Kier alpha value is -2.24. The number of carboxylic acid groups (broad SMARTS) is 1. The van der Waals surface area contributed by atoms with E-state index in [9.17, 15) is 19.8 Å². The zero-order valence-electron chi connectivity index (χ0n) is 13.0. The molecule has 0 aliphatic heterocycles. The number of phenolic OH excluding ortho intramolecular Hbond substituents is 1. The molecule has 1 saturated carbocycles. The molecule has 1 aromatic carbocycles. The Morgan fingerprint density at radius 1 is 1.27 bits per heavy atom. The molecular weight excluding hydrogens is 286 g/mol. The maximum Gasteiger partial charge on any atom is 0.412 e. The minimum Gasteiger partial charge on any atom is -0.508 e. The van der Waals surface area contributed by atoms with Crippen LogP contribution in [0.3, 0.4) is 0 Å². The molecule has 2 rings (SSSR count). The topological polar surface area (TPSA) is 95.9 Å². The zero-order chi connectivity index (χ0) is 16.5. The summed E-state index contributed by atoms with van der Waals surface area (Å²) in [5.41, 5.74) is -0.954. The van der Waals surface area contributed by atoms with E-state index in [1.165, 1.54) is 18.2 Å². The number of phenols is 1. The predicted molar refractivity (Wildman–Crippen MR) is 81.1 cm³/mol. The molecule has 0 radical (unpaired) electrons. The summed E-state index contributed by atoms with van der Waals surface area (Å²) in [5.74, 6) is -1.03. The number of amides is 1. The second-order valence-corrected chi connectivity index (χ2v) is 6.60. The summed E-state index contributed by atoms with van der Waals surface area (Å²) in [7, 11) is 0. The van der Waals surface area contributed by atoms with E-state index in [2.05, 4.69) is 5.32 Å². The number of rotatable bonds is 3. The highest BCUT2D eigenvalue weighted by atomic mass is 16.6. The monoisotopic (exact) mass is 307 g/mol. The molecule has 0 unspecified atom stereocenters. The lowest BCUT2D eigenvalue weighted by molar-refractivity contribution is -0.147. The number of ether oxygens (including phenoxy) is 1. The second-order valence-electron chi connectivity index (χ2n) is 6.60. The van der Waals surface area contributed by atoms with Gasteiger partial charge >= 0.3 is 12.1 Å². The van der Waals surface area contributed by atoms with Gasteiger partial charge in [0, 0.05) is 11.3 Å². The summed E-state index contributed by atoms with van der Waals surface area (Å²) in [4.78, 5) is 23.3. The number of carboxylic acids is 1. The number of nitrogens with one attached hydrogen (secondary N) is 1. The molecule has 22 heavy (non-hydrogen) atoms. The van der Waals surface area contributed by atoms with Crippen LogP contribution in [0.1, 0.15) is 45.6 Å². The molecule has 120 valence electrons. The van der Waals surface area contributed by atoms with Crippen LogP contribution in [0.15, 0.2) is 18.2 Å². The van der Waals surface area contributed by atoms with Gasteiger partial charge in [-0.1, -0.05) is 6.42 Å². The first-order valence-corrected chi connectivity index (χ1v) is 7.21. The van der Waals surface area contributed by atoms with Crippen LogP contribution < -0.4 is 5.32 Å². The van der Waals surface area contributed by atoms with Crippen molar-refractivity contribution in [2.75, 3.05) is 5.32 Å². The average Bonchev–Trinajstić information content (AvgIpc) is 2.28. The number of carbonyl (C=O) groups is 2. The molecule has 1 aliphatic rings. The van der Waals surface area contributed by atoms with Crippen molar-refractivity contribution in [2.24, 2.45) is 0 Å². The summed E-state index contributed by atoms with van der Waals surface area (Å²) in [6.45, 7) is 5.26. The van der Waals surface area contributed by atoms with E-state index >= 15 is 0 Å². The smallest absolute Gasteiger partial charge is 0.412 e. The number of carbonyl (C=O) groups excluding carboxylic acids is 1. The molecule has 0 heterocycles. The highest BCUT2D eigenvalue weighted by Crippen LogP contribution is 2.47. The first-order chi connectivity index (χ1) is 10.1. The quantitative estimate of drug-likeness (QED) is 0.745. The van der Waals surface area contributed by atoms with Crippen LogP contribution in [-0.2, 0) is 14.9 Å². The SMILES string of the molecule is CC(C)(C)OC(=O)Nc1ccc(O)c(C2(C(=O)O)CCC2)c1. The third-order valence-corrected chi connectivity index (χ3v) is 3.77. The number of hydrogen-bond donors (Lipinski definition) is 3. The second kappa shape index (κ2) is 5.51. The van der Waals surface area contributed by atoms with E-state index in [0.29, 0.717) is 24.1 Å². The maximum absolute atomic E-state index is 11.8. The Balaban J connectivity index is 2.24. The number of aliphatic carboxylic acids is 1. The van der Waals surface area contributed by atoms with Gasteiger partial charge in [-0.3, -0.25) is 10.1 Å². The van der Waals surface area contributed by atoms with Crippen LogP contribution >= 0.6 is 0 Å². The molecule has 0 saturated heterocycles. The largest absolute Gasteiger partial charge is 0.508 e. The van der Waals surface area contributed by atoms with Gasteiger partial charge in [0.05, 0.1) is 5.41 Å². The lowest BCUT2D eigenvalue weighted by Gasteiger charge is -2.38. The summed E-state index contributed by atoms with van der Waals surface area (Å²) < 4.78 is 5.16. The number of hydrogen-bond acceptors (Lipinski definition) is 4. The van der Waals surface area contributed by atoms with Crippen molar-refractivity contribution in [3.05, 3.63) is 23.8 Å². The van der Waals surface area contributed by atoms with Crippen LogP contribution in [0.5, 0.6) is 5.75 Å². The van der Waals surface area contributed by atoms with Gasteiger partial charge in [-0.15, -0.1) is 0 Å². The first kappa shape index (κ1) is 16.1. The van der Waals surface area contributed by atoms with Crippen molar-refractivity contribution in [3.63, 3.8) is 0 Å². The molecule has 6 heteroatoms. The highest BCUT2D eigenvalue weighted by Gasteiger charge is 2.47. The number of aromatic hydroxyl groups is 1. The van der Waals surface area contributed by atoms with Gasteiger partial charge in [0.1, 0.15) is 11.4 Å². The molecular formula is C16H21NO5. The van der Waals surface area contributed by atoms with Gasteiger partial charge in [-0.25, -0.2) is 4.79 Å². The van der Waals surface area contributed by atoms with Crippen molar-refractivity contribution >= 4 is 17.7 Å². The van der Waals surface area contributed by atoms with Crippen LogP contribution in [0.25, 0.3) is 0 Å². The summed E-state index contributed by atoms with van der Waals surface area (Å²) in [6, 6.07) is 4.41. The van der Waals surface area contributed by atoms with Crippen molar-refractivity contribution in [1.29, 1.82) is 0 Å². The summed E-state index contributed by atoms with van der Waals surface area (Å²) in [6.07, 6.45) is 1.13. The lowest BCUT2D eigenvalue weighted by atomic mass is 9.64. The van der Waals surface area contributed by atoms with Crippen molar-refractivity contribution < 1.29 is 24.5 Å². The molecule has 0 spiro atoms. The molecule has 0 bridgehead atoms. The minimum absolute atomic E-state index is 0.0724. The molecule has 1 amide bonds. The molecule has 0 aromatic heterocycles. The van der Waals surface area contributed by atoms with Gasteiger partial charge in [0.25, 0.3) is 0 Å². The van der Waals surface area contributed by atoms with Crippen LogP contribution in [0, 0.1) is 0 Å². The molecule has 6 nitrogen and oxygen atoms in total. The molecule has 1 fully saturated rings. The molecule has 0 atom stereocenters. The fourth-order valence-electron chi connectivity index (χ4n) is 2.55. The Morgan fingerprint density at radius 3 is 2.36 bits per heavy atom. The first-order valence-electron chi connectivity index (χ1n) is 7.21. The van der Waals surface area contributed by atoms with Crippen molar-refractivity contribution in [2.45, 2.75) is 51.0 Å². The Kier molecular flexibility index (Phi) is 4.04.